The molecule has 3 aromatic rings. The zero-order chi connectivity index (χ0) is 18.3. The van der Waals surface area contributed by atoms with Crippen molar-refractivity contribution in [2.45, 2.75) is 31.3 Å². The van der Waals surface area contributed by atoms with E-state index in [1.54, 1.807) is 15.9 Å². The molecule has 1 atom stereocenters. The molecule has 0 bridgehead atoms. The van der Waals surface area contributed by atoms with Gasteiger partial charge in [-0.2, -0.15) is 0 Å². The molecule has 134 valence electrons. The van der Waals surface area contributed by atoms with Gasteiger partial charge in [-0.15, -0.1) is 11.3 Å². The molecule has 4 rings (SSSR count). The minimum atomic E-state index is -0.928. The van der Waals surface area contributed by atoms with Gasteiger partial charge in [0.1, 0.15) is 4.83 Å². The fraction of sp³-hybridized carbons (Fsp3) is 0.316. The summed E-state index contributed by atoms with van der Waals surface area (Å²) in [4.78, 5) is 31.1. The van der Waals surface area contributed by atoms with Crippen LogP contribution >= 0.6 is 23.1 Å². The Morgan fingerprint density at radius 1 is 1.38 bits per heavy atom. The summed E-state index contributed by atoms with van der Waals surface area (Å²) in [5.74, 6) is -0.441. The van der Waals surface area contributed by atoms with Crippen molar-refractivity contribution in [3.8, 4) is 5.69 Å². The lowest BCUT2D eigenvalue weighted by molar-refractivity contribution is -0.133. The molecular weight excluding hydrogens is 368 g/mol. The first kappa shape index (κ1) is 17.3. The summed E-state index contributed by atoms with van der Waals surface area (Å²) in [6.45, 7) is 2.23. The van der Waals surface area contributed by atoms with Crippen LogP contribution in [0.1, 0.15) is 23.8 Å². The molecule has 0 saturated heterocycles. The van der Waals surface area contributed by atoms with E-state index in [0.717, 1.165) is 41.4 Å². The van der Waals surface area contributed by atoms with Crippen LogP contribution in [0.2, 0.25) is 0 Å². The first-order chi connectivity index (χ1) is 12.5. The molecular formula is C19H18N2O3S2. The Balaban J connectivity index is 1.96. The molecule has 2 aromatic heterocycles. The van der Waals surface area contributed by atoms with Gasteiger partial charge in [-0.1, -0.05) is 36.9 Å². The number of carboxylic acids is 1. The molecule has 1 aliphatic rings. The third-order valence-corrected chi connectivity index (χ3v) is 6.71. The number of fused-ring (bicyclic) bond motifs is 3. The number of nitrogens with zero attached hydrogens (tertiary/aromatic N) is 2. The second-order valence-corrected chi connectivity index (χ2v) is 8.61. The molecule has 0 amide bonds. The van der Waals surface area contributed by atoms with E-state index in [2.05, 4.69) is 6.92 Å². The lowest BCUT2D eigenvalue weighted by Gasteiger charge is -2.17. The summed E-state index contributed by atoms with van der Waals surface area (Å²) in [5.41, 5.74) is 1.75. The molecule has 0 fully saturated rings. The fourth-order valence-electron chi connectivity index (χ4n) is 3.40. The molecule has 1 aliphatic carbocycles. The summed E-state index contributed by atoms with van der Waals surface area (Å²) in [7, 11) is 0. The number of aromatic nitrogens is 2. The normalized spacial score (nSPS) is 16.6. The number of aryl methyl sites for hydroxylation is 1. The van der Waals surface area contributed by atoms with Gasteiger partial charge >= 0.3 is 5.97 Å². The number of rotatable bonds is 4. The van der Waals surface area contributed by atoms with Crippen LogP contribution in [0.3, 0.4) is 0 Å². The highest BCUT2D eigenvalue weighted by atomic mass is 32.2. The van der Waals surface area contributed by atoms with Crippen molar-refractivity contribution >= 4 is 39.3 Å². The lowest BCUT2D eigenvalue weighted by Crippen LogP contribution is -2.23. The highest BCUT2D eigenvalue weighted by molar-refractivity contribution is 7.99. The smallest absolute Gasteiger partial charge is 0.313 e. The van der Waals surface area contributed by atoms with E-state index >= 15 is 0 Å². The maximum atomic E-state index is 13.4. The summed E-state index contributed by atoms with van der Waals surface area (Å²) in [6.07, 6.45) is 2.97. The number of thiophene rings is 1. The Labute approximate surface area is 158 Å². The van der Waals surface area contributed by atoms with Crippen LogP contribution in [-0.2, 0) is 17.6 Å². The Kier molecular flexibility index (Phi) is 4.58. The van der Waals surface area contributed by atoms with E-state index in [4.69, 9.17) is 10.1 Å². The van der Waals surface area contributed by atoms with Crippen LogP contribution < -0.4 is 5.56 Å². The monoisotopic (exact) mass is 386 g/mol. The van der Waals surface area contributed by atoms with Gasteiger partial charge in [0.25, 0.3) is 5.56 Å². The van der Waals surface area contributed by atoms with Gasteiger partial charge < -0.3 is 5.11 Å². The molecule has 5 nitrogen and oxygen atoms in total. The highest BCUT2D eigenvalue weighted by Gasteiger charge is 2.25. The van der Waals surface area contributed by atoms with Gasteiger partial charge in [0.05, 0.1) is 16.8 Å². The minimum absolute atomic E-state index is 0.0962. The van der Waals surface area contributed by atoms with Crippen LogP contribution in [0, 0.1) is 5.92 Å². The predicted octanol–water partition coefficient (Wildman–Crippen LogP) is 3.75. The molecule has 0 aliphatic heterocycles. The summed E-state index contributed by atoms with van der Waals surface area (Å²) in [5, 5.41) is 10.2. The Hall–Kier alpha value is -2.12. The summed E-state index contributed by atoms with van der Waals surface area (Å²) < 4.78 is 1.56. The standard InChI is InChI=1S/C19H18N2O3S2/c1-11-7-8-13-14(9-11)26-17-16(13)18(24)21(12-5-3-2-4-6-12)19(20-17)25-10-15(22)23/h2-6,11H,7-10H2,1H3,(H,22,23)/t11-/m0/s1. The SMILES string of the molecule is C[C@H]1CCc2c(sc3nc(SCC(=O)O)n(-c4ccccc4)c(=O)c23)C1. The van der Waals surface area contributed by atoms with Crippen LogP contribution in [0.15, 0.2) is 40.3 Å². The Morgan fingerprint density at radius 2 is 2.15 bits per heavy atom. The molecule has 0 radical (unpaired) electrons. The largest absolute Gasteiger partial charge is 0.481 e. The third-order valence-electron chi connectivity index (χ3n) is 4.64. The molecule has 2 heterocycles. The van der Waals surface area contributed by atoms with E-state index in [1.165, 1.54) is 4.88 Å². The second-order valence-electron chi connectivity index (χ2n) is 6.58. The quantitative estimate of drug-likeness (QED) is 0.546. The van der Waals surface area contributed by atoms with Gasteiger partial charge in [0, 0.05) is 4.88 Å². The second kappa shape index (κ2) is 6.89. The molecule has 0 spiro atoms. The molecule has 1 aromatic carbocycles. The zero-order valence-corrected chi connectivity index (χ0v) is 15.9. The number of benzene rings is 1. The van der Waals surface area contributed by atoms with Crippen molar-refractivity contribution < 1.29 is 9.90 Å². The van der Waals surface area contributed by atoms with Crippen LogP contribution in [-0.4, -0.2) is 26.4 Å². The van der Waals surface area contributed by atoms with Crippen molar-refractivity contribution in [1.29, 1.82) is 0 Å². The van der Waals surface area contributed by atoms with Crippen molar-refractivity contribution in [3.05, 3.63) is 51.1 Å². The number of para-hydroxylation sites is 1. The number of carbonyl (C=O) groups is 1. The maximum absolute atomic E-state index is 13.4. The third kappa shape index (κ3) is 3.05. The number of aliphatic carboxylic acids is 1. The van der Waals surface area contributed by atoms with Crippen LogP contribution in [0.5, 0.6) is 0 Å². The van der Waals surface area contributed by atoms with Crippen molar-refractivity contribution in [1.82, 2.24) is 9.55 Å². The maximum Gasteiger partial charge on any atom is 0.313 e. The van der Waals surface area contributed by atoms with Crippen molar-refractivity contribution in [2.75, 3.05) is 5.75 Å². The molecule has 7 heteroatoms. The Bertz CT molecular complexity index is 1040. The lowest BCUT2D eigenvalue weighted by atomic mass is 9.89. The zero-order valence-electron chi connectivity index (χ0n) is 14.3. The summed E-state index contributed by atoms with van der Waals surface area (Å²) >= 11 is 2.67. The fourth-order valence-corrected chi connectivity index (χ4v) is 5.56. The van der Waals surface area contributed by atoms with Crippen LogP contribution in [0.4, 0.5) is 0 Å². The summed E-state index contributed by atoms with van der Waals surface area (Å²) in [6, 6.07) is 9.31. The number of hydrogen-bond donors (Lipinski definition) is 1. The Morgan fingerprint density at radius 3 is 2.88 bits per heavy atom. The number of hydrogen-bond acceptors (Lipinski definition) is 5. The molecule has 1 N–H and O–H groups in total. The van der Waals surface area contributed by atoms with E-state index < -0.39 is 5.97 Å². The first-order valence-corrected chi connectivity index (χ1v) is 10.3. The average Bonchev–Trinajstić information content (AvgIpc) is 2.98. The minimum Gasteiger partial charge on any atom is -0.481 e. The van der Waals surface area contributed by atoms with Crippen molar-refractivity contribution in [2.24, 2.45) is 5.92 Å². The van der Waals surface area contributed by atoms with E-state index in [0.29, 0.717) is 22.1 Å². The van der Waals surface area contributed by atoms with Gasteiger partial charge in [-0.3, -0.25) is 14.2 Å². The van der Waals surface area contributed by atoms with Gasteiger partial charge in [0.15, 0.2) is 5.16 Å². The molecule has 0 unspecified atom stereocenters. The van der Waals surface area contributed by atoms with E-state index in [9.17, 15) is 9.59 Å². The first-order valence-electron chi connectivity index (χ1n) is 8.52. The number of thioether (sulfide) groups is 1. The van der Waals surface area contributed by atoms with Crippen molar-refractivity contribution in [3.63, 3.8) is 0 Å². The van der Waals surface area contributed by atoms with E-state index in [-0.39, 0.29) is 11.3 Å². The van der Waals surface area contributed by atoms with Gasteiger partial charge in [0.2, 0.25) is 0 Å². The van der Waals surface area contributed by atoms with Gasteiger partial charge in [-0.25, -0.2) is 4.98 Å². The van der Waals surface area contributed by atoms with Gasteiger partial charge in [-0.05, 0) is 42.9 Å². The highest BCUT2D eigenvalue weighted by Crippen LogP contribution is 2.36. The van der Waals surface area contributed by atoms with Crippen LogP contribution in [0.25, 0.3) is 15.9 Å². The number of carboxylic acid groups (broad SMARTS) is 1. The average molecular weight is 386 g/mol. The molecule has 26 heavy (non-hydrogen) atoms. The predicted molar refractivity (Wildman–Crippen MR) is 105 cm³/mol. The van der Waals surface area contributed by atoms with E-state index in [1.807, 2.05) is 30.3 Å². The topological polar surface area (TPSA) is 72.2 Å². The molecule has 0 saturated carbocycles.